The van der Waals surface area contributed by atoms with E-state index in [0.717, 1.165) is 53.9 Å². The minimum Gasteiger partial charge on any atom is -0.446 e. The first kappa shape index (κ1) is 18.9. The van der Waals surface area contributed by atoms with Crippen molar-refractivity contribution in [2.75, 3.05) is 44.3 Å². The Bertz CT molecular complexity index is 1030. The molecule has 158 valence electrons. The van der Waals surface area contributed by atoms with Crippen molar-refractivity contribution in [2.45, 2.75) is 18.9 Å². The molecule has 2 aliphatic rings. The van der Waals surface area contributed by atoms with Gasteiger partial charge < -0.3 is 24.3 Å². The average molecular weight is 410 g/mol. The number of H-pyrrole nitrogens is 1. The number of aromatic nitrogens is 4. The van der Waals surface area contributed by atoms with Gasteiger partial charge in [0.25, 0.3) is 0 Å². The van der Waals surface area contributed by atoms with Gasteiger partial charge in [0, 0.05) is 75.1 Å². The molecule has 0 bridgehead atoms. The summed E-state index contributed by atoms with van der Waals surface area (Å²) < 4.78 is 12.8. The quantitative estimate of drug-likeness (QED) is 0.713. The lowest BCUT2D eigenvalue weighted by Crippen LogP contribution is -2.49. The molecule has 30 heavy (non-hydrogen) atoms. The number of hydrogen-bond acceptors (Lipinski definition) is 6. The fourth-order valence-corrected chi connectivity index (χ4v) is 4.15. The summed E-state index contributed by atoms with van der Waals surface area (Å²) in [6, 6.07) is 4.17. The van der Waals surface area contributed by atoms with E-state index in [1.165, 1.54) is 0 Å². The number of pyridine rings is 1. The van der Waals surface area contributed by atoms with Crippen LogP contribution >= 0.6 is 0 Å². The van der Waals surface area contributed by atoms with E-state index in [1.807, 2.05) is 36.6 Å². The molecule has 0 saturated carbocycles. The summed E-state index contributed by atoms with van der Waals surface area (Å²) >= 11 is 0. The zero-order valence-corrected chi connectivity index (χ0v) is 17.1. The molecular weight excluding hydrogens is 384 g/mol. The second kappa shape index (κ2) is 7.98. The van der Waals surface area contributed by atoms with Gasteiger partial charge in [-0.3, -0.25) is 4.68 Å². The Morgan fingerprint density at radius 1 is 1.23 bits per heavy atom. The van der Waals surface area contributed by atoms with Crippen LogP contribution < -0.4 is 4.90 Å². The molecule has 2 aliphatic heterocycles. The van der Waals surface area contributed by atoms with Crippen molar-refractivity contribution in [3.63, 3.8) is 0 Å². The zero-order valence-electron chi connectivity index (χ0n) is 17.1. The number of rotatable bonds is 3. The van der Waals surface area contributed by atoms with E-state index in [4.69, 9.17) is 9.47 Å². The number of nitrogens with zero attached hydrogens (tertiary/aromatic N) is 5. The predicted molar refractivity (Wildman–Crippen MR) is 112 cm³/mol. The largest absolute Gasteiger partial charge is 0.446 e. The average Bonchev–Trinajstić information content (AvgIpc) is 3.40. The van der Waals surface area contributed by atoms with Crippen molar-refractivity contribution in [1.29, 1.82) is 0 Å². The molecule has 0 aromatic carbocycles. The number of fused-ring (bicyclic) bond motifs is 1. The molecule has 2 fully saturated rings. The van der Waals surface area contributed by atoms with Crippen LogP contribution in [0.1, 0.15) is 12.8 Å². The first-order valence-electron chi connectivity index (χ1n) is 10.4. The number of amides is 1. The molecule has 0 spiro atoms. The van der Waals surface area contributed by atoms with Crippen LogP contribution in [0, 0.1) is 0 Å². The highest BCUT2D eigenvalue weighted by Crippen LogP contribution is 2.30. The Morgan fingerprint density at radius 2 is 2.03 bits per heavy atom. The first-order chi connectivity index (χ1) is 14.7. The molecule has 5 rings (SSSR count). The monoisotopic (exact) mass is 410 g/mol. The van der Waals surface area contributed by atoms with E-state index in [-0.39, 0.29) is 12.2 Å². The fraction of sp³-hybridized carbons (Fsp3) is 0.476. The number of piperazine rings is 1. The van der Waals surface area contributed by atoms with Crippen LogP contribution in [-0.4, -0.2) is 76.2 Å². The summed E-state index contributed by atoms with van der Waals surface area (Å²) in [7, 11) is 1.91. The minimum absolute atomic E-state index is 0.0187. The SMILES string of the molecule is Cn1cc(-c2cc3c(N4CCN(C(=O)OC5CCOCC5)CC4)ccnc3[nH]2)cn1. The molecule has 5 heterocycles. The van der Waals surface area contributed by atoms with Gasteiger partial charge >= 0.3 is 6.09 Å². The molecule has 3 aromatic heterocycles. The van der Waals surface area contributed by atoms with Crippen LogP contribution in [0.25, 0.3) is 22.3 Å². The third-order valence-electron chi connectivity index (χ3n) is 5.84. The minimum atomic E-state index is -0.207. The summed E-state index contributed by atoms with van der Waals surface area (Å²) in [5.41, 5.74) is 4.01. The van der Waals surface area contributed by atoms with Crippen molar-refractivity contribution >= 4 is 22.8 Å². The highest BCUT2D eigenvalue weighted by atomic mass is 16.6. The van der Waals surface area contributed by atoms with E-state index in [1.54, 1.807) is 4.68 Å². The van der Waals surface area contributed by atoms with Crippen molar-refractivity contribution in [1.82, 2.24) is 24.6 Å². The number of nitrogens with one attached hydrogen (secondary N) is 1. The first-order valence-corrected chi connectivity index (χ1v) is 10.4. The van der Waals surface area contributed by atoms with E-state index >= 15 is 0 Å². The van der Waals surface area contributed by atoms with Crippen LogP contribution in [0.3, 0.4) is 0 Å². The standard InChI is InChI=1S/C21H26N6O3/c1-25-14-15(13-23-25)18-12-17-19(2-5-22-20(17)24-18)26-6-8-27(9-7-26)21(28)30-16-3-10-29-11-4-16/h2,5,12-14,16H,3-4,6-11H2,1H3,(H,22,24). The second-order valence-corrected chi connectivity index (χ2v) is 7.85. The molecule has 0 unspecified atom stereocenters. The number of hydrogen-bond donors (Lipinski definition) is 1. The molecule has 0 aliphatic carbocycles. The van der Waals surface area contributed by atoms with Crippen LogP contribution in [0.4, 0.5) is 10.5 Å². The summed E-state index contributed by atoms with van der Waals surface area (Å²) in [5.74, 6) is 0. The number of ether oxygens (including phenoxy) is 2. The maximum Gasteiger partial charge on any atom is 0.410 e. The summed E-state index contributed by atoms with van der Waals surface area (Å²) in [6.07, 6.45) is 6.99. The van der Waals surface area contributed by atoms with Crippen molar-refractivity contribution in [3.8, 4) is 11.3 Å². The topological polar surface area (TPSA) is 88.5 Å². The molecule has 0 atom stereocenters. The van der Waals surface area contributed by atoms with E-state index < -0.39 is 0 Å². The van der Waals surface area contributed by atoms with Crippen LogP contribution in [0.2, 0.25) is 0 Å². The Balaban J connectivity index is 1.27. The summed E-state index contributed by atoms with van der Waals surface area (Å²) in [4.78, 5) is 24.5. The molecule has 1 amide bonds. The van der Waals surface area contributed by atoms with E-state index in [2.05, 4.69) is 26.0 Å². The van der Waals surface area contributed by atoms with Crippen LogP contribution in [-0.2, 0) is 16.5 Å². The van der Waals surface area contributed by atoms with Crippen molar-refractivity contribution in [3.05, 3.63) is 30.7 Å². The number of aromatic amines is 1. The highest BCUT2D eigenvalue weighted by Gasteiger charge is 2.26. The lowest BCUT2D eigenvalue weighted by molar-refractivity contribution is -0.0106. The second-order valence-electron chi connectivity index (χ2n) is 7.85. The third kappa shape index (κ3) is 3.72. The molecule has 2 saturated heterocycles. The molecular formula is C21H26N6O3. The number of carbonyl (C=O) groups excluding carboxylic acids is 1. The molecule has 9 heteroatoms. The summed E-state index contributed by atoms with van der Waals surface area (Å²) in [6.45, 7) is 4.14. The van der Waals surface area contributed by atoms with Gasteiger partial charge in [0.15, 0.2) is 0 Å². The maximum atomic E-state index is 12.5. The predicted octanol–water partition coefficient (Wildman–Crippen LogP) is 2.40. The number of anilines is 1. The molecule has 0 radical (unpaired) electrons. The Morgan fingerprint density at radius 3 is 2.77 bits per heavy atom. The van der Waals surface area contributed by atoms with Gasteiger partial charge in [-0.25, -0.2) is 9.78 Å². The Hall–Kier alpha value is -3.07. The van der Waals surface area contributed by atoms with Crippen molar-refractivity contribution in [2.24, 2.45) is 7.05 Å². The maximum absolute atomic E-state index is 12.5. The van der Waals surface area contributed by atoms with Gasteiger partial charge in [0.05, 0.1) is 25.1 Å². The van der Waals surface area contributed by atoms with Crippen molar-refractivity contribution < 1.29 is 14.3 Å². The lowest BCUT2D eigenvalue weighted by Gasteiger charge is -2.36. The normalized spacial score (nSPS) is 18.2. The third-order valence-corrected chi connectivity index (χ3v) is 5.84. The fourth-order valence-electron chi connectivity index (χ4n) is 4.15. The summed E-state index contributed by atoms with van der Waals surface area (Å²) in [5, 5.41) is 5.33. The molecule has 9 nitrogen and oxygen atoms in total. The molecule has 3 aromatic rings. The van der Waals surface area contributed by atoms with Crippen LogP contribution in [0.5, 0.6) is 0 Å². The molecule has 1 N–H and O–H groups in total. The van der Waals surface area contributed by atoms with Gasteiger partial charge in [-0.15, -0.1) is 0 Å². The number of carbonyl (C=O) groups is 1. The van der Waals surface area contributed by atoms with Gasteiger partial charge in [-0.05, 0) is 12.1 Å². The lowest BCUT2D eigenvalue weighted by atomic mass is 10.1. The smallest absolute Gasteiger partial charge is 0.410 e. The highest BCUT2D eigenvalue weighted by molar-refractivity contribution is 5.93. The zero-order chi connectivity index (χ0) is 20.5. The van der Waals surface area contributed by atoms with E-state index in [0.29, 0.717) is 26.3 Å². The Labute approximate surface area is 174 Å². The van der Waals surface area contributed by atoms with Crippen LogP contribution in [0.15, 0.2) is 30.7 Å². The van der Waals surface area contributed by atoms with Gasteiger partial charge in [-0.1, -0.05) is 0 Å². The Kier molecular flexibility index (Phi) is 5.04. The van der Waals surface area contributed by atoms with E-state index in [9.17, 15) is 4.79 Å². The van der Waals surface area contributed by atoms with Gasteiger partial charge in [0.1, 0.15) is 11.8 Å². The van der Waals surface area contributed by atoms with Gasteiger partial charge in [0.2, 0.25) is 0 Å². The van der Waals surface area contributed by atoms with Gasteiger partial charge in [-0.2, -0.15) is 5.10 Å². The number of aryl methyl sites for hydroxylation is 1.